The molecule has 0 spiro atoms. The molecule has 7 heteroatoms. The number of hydrogen-bond donors (Lipinski definition) is 0. The molecule has 162 valence electrons. The van der Waals surface area contributed by atoms with E-state index in [1.807, 2.05) is 36.4 Å². The van der Waals surface area contributed by atoms with Gasteiger partial charge in [0.05, 0.1) is 27.4 Å². The van der Waals surface area contributed by atoms with Crippen LogP contribution in [0.5, 0.6) is 0 Å². The third-order valence-electron chi connectivity index (χ3n) is 5.94. The highest BCUT2D eigenvalue weighted by Crippen LogP contribution is 2.29. The standard InChI is InChI=1S/C25H24N4O2S/c30-32(31,17-16-29-14-1-2-15-29)21-5-3-4-20(18-21)23-6-7-24-25(28-23)22(10-13-27-24)19-8-11-26-12-9-19/h3-13,18H,1-2,14-17H2. The molecule has 5 rings (SSSR count). The van der Waals surface area contributed by atoms with Crippen LogP contribution < -0.4 is 0 Å². The summed E-state index contributed by atoms with van der Waals surface area (Å²) in [5, 5.41) is 0. The summed E-state index contributed by atoms with van der Waals surface area (Å²) >= 11 is 0. The molecule has 0 bridgehead atoms. The monoisotopic (exact) mass is 444 g/mol. The molecule has 1 saturated heterocycles. The number of aromatic nitrogens is 3. The van der Waals surface area contributed by atoms with Gasteiger partial charge >= 0.3 is 0 Å². The zero-order valence-electron chi connectivity index (χ0n) is 17.7. The predicted molar refractivity (Wildman–Crippen MR) is 126 cm³/mol. The fourth-order valence-corrected chi connectivity index (χ4v) is 5.50. The van der Waals surface area contributed by atoms with E-state index < -0.39 is 9.84 Å². The van der Waals surface area contributed by atoms with Crippen molar-refractivity contribution in [3.63, 3.8) is 0 Å². The number of benzene rings is 1. The zero-order chi connectivity index (χ0) is 22.0. The maximum atomic E-state index is 13.0. The first-order chi connectivity index (χ1) is 15.6. The fraction of sp³-hybridized carbons (Fsp3) is 0.240. The van der Waals surface area contributed by atoms with Gasteiger partial charge in [0.25, 0.3) is 0 Å². The van der Waals surface area contributed by atoms with E-state index in [9.17, 15) is 8.42 Å². The summed E-state index contributed by atoms with van der Waals surface area (Å²) in [6.45, 7) is 2.57. The van der Waals surface area contributed by atoms with Crippen LogP contribution in [-0.4, -0.2) is 53.7 Å². The van der Waals surface area contributed by atoms with Crippen LogP contribution in [0.2, 0.25) is 0 Å². The van der Waals surface area contributed by atoms with Gasteiger partial charge in [-0.1, -0.05) is 12.1 Å². The van der Waals surface area contributed by atoms with E-state index in [0.29, 0.717) is 11.4 Å². The Morgan fingerprint density at radius 3 is 2.50 bits per heavy atom. The van der Waals surface area contributed by atoms with Crippen LogP contribution in [0.15, 0.2) is 78.1 Å². The maximum Gasteiger partial charge on any atom is 0.179 e. The predicted octanol–water partition coefficient (Wildman–Crippen LogP) is 4.23. The Morgan fingerprint density at radius 2 is 1.69 bits per heavy atom. The molecule has 1 fully saturated rings. The number of fused-ring (bicyclic) bond motifs is 1. The highest BCUT2D eigenvalue weighted by Gasteiger charge is 2.19. The number of likely N-dealkylation sites (tertiary alicyclic amines) is 1. The molecule has 0 aliphatic carbocycles. The van der Waals surface area contributed by atoms with E-state index in [2.05, 4.69) is 14.9 Å². The molecule has 1 aromatic carbocycles. The van der Waals surface area contributed by atoms with Crippen molar-refractivity contribution in [1.82, 2.24) is 19.9 Å². The molecule has 4 aromatic rings. The minimum Gasteiger partial charge on any atom is -0.302 e. The van der Waals surface area contributed by atoms with Gasteiger partial charge in [-0.2, -0.15) is 0 Å². The fourth-order valence-electron chi connectivity index (χ4n) is 4.17. The van der Waals surface area contributed by atoms with Gasteiger partial charge in [0, 0.05) is 36.3 Å². The number of sulfone groups is 1. The molecule has 1 aliphatic heterocycles. The van der Waals surface area contributed by atoms with Gasteiger partial charge < -0.3 is 4.90 Å². The Labute approximate surface area is 187 Å². The maximum absolute atomic E-state index is 13.0. The Hall–Kier alpha value is -3.16. The van der Waals surface area contributed by atoms with Crippen LogP contribution in [0.3, 0.4) is 0 Å². The molecule has 0 radical (unpaired) electrons. The van der Waals surface area contributed by atoms with E-state index >= 15 is 0 Å². The summed E-state index contributed by atoms with van der Waals surface area (Å²) in [4.78, 5) is 16.0. The highest BCUT2D eigenvalue weighted by molar-refractivity contribution is 7.91. The first kappa shape index (κ1) is 20.7. The number of nitrogens with zero attached hydrogens (tertiary/aromatic N) is 4. The lowest BCUT2D eigenvalue weighted by Crippen LogP contribution is -2.26. The van der Waals surface area contributed by atoms with Crippen LogP contribution in [0.1, 0.15) is 12.8 Å². The average Bonchev–Trinajstić information content (AvgIpc) is 3.37. The topological polar surface area (TPSA) is 76.1 Å². The third-order valence-corrected chi connectivity index (χ3v) is 7.63. The molecular formula is C25H24N4O2S. The van der Waals surface area contributed by atoms with E-state index in [1.165, 1.54) is 0 Å². The van der Waals surface area contributed by atoms with E-state index in [-0.39, 0.29) is 5.75 Å². The summed E-state index contributed by atoms with van der Waals surface area (Å²) in [7, 11) is -3.36. The molecule has 0 N–H and O–H groups in total. The molecule has 0 saturated carbocycles. The summed E-state index contributed by atoms with van der Waals surface area (Å²) < 4.78 is 25.9. The summed E-state index contributed by atoms with van der Waals surface area (Å²) in [6, 6.07) is 16.7. The summed E-state index contributed by atoms with van der Waals surface area (Å²) in [5.41, 5.74) is 5.04. The van der Waals surface area contributed by atoms with E-state index in [1.54, 1.807) is 36.8 Å². The van der Waals surface area contributed by atoms with Gasteiger partial charge in [0.15, 0.2) is 9.84 Å². The van der Waals surface area contributed by atoms with Crippen molar-refractivity contribution in [2.75, 3.05) is 25.4 Å². The first-order valence-corrected chi connectivity index (χ1v) is 12.5. The van der Waals surface area contributed by atoms with Crippen molar-refractivity contribution >= 4 is 20.9 Å². The van der Waals surface area contributed by atoms with Gasteiger partial charge in [0.2, 0.25) is 0 Å². The zero-order valence-corrected chi connectivity index (χ0v) is 18.5. The molecule has 32 heavy (non-hydrogen) atoms. The molecule has 6 nitrogen and oxygen atoms in total. The van der Waals surface area contributed by atoms with Gasteiger partial charge in [-0.15, -0.1) is 0 Å². The van der Waals surface area contributed by atoms with Crippen LogP contribution in [0.25, 0.3) is 33.4 Å². The molecule has 3 aromatic heterocycles. The quantitative estimate of drug-likeness (QED) is 0.443. The van der Waals surface area contributed by atoms with Gasteiger partial charge in [-0.3, -0.25) is 9.97 Å². The average molecular weight is 445 g/mol. The molecule has 0 amide bonds. The van der Waals surface area contributed by atoms with Crippen molar-refractivity contribution < 1.29 is 8.42 Å². The summed E-state index contributed by atoms with van der Waals surface area (Å²) in [5.74, 6) is 0.137. The largest absolute Gasteiger partial charge is 0.302 e. The summed E-state index contributed by atoms with van der Waals surface area (Å²) in [6.07, 6.45) is 7.58. The van der Waals surface area contributed by atoms with Crippen LogP contribution in [0.4, 0.5) is 0 Å². The van der Waals surface area contributed by atoms with E-state index in [4.69, 9.17) is 4.98 Å². The smallest absolute Gasteiger partial charge is 0.179 e. The molecular weight excluding hydrogens is 420 g/mol. The van der Waals surface area contributed by atoms with Crippen molar-refractivity contribution in [3.05, 3.63) is 73.2 Å². The van der Waals surface area contributed by atoms with E-state index in [0.717, 1.165) is 59.3 Å². The second-order valence-electron chi connectivity index (χ2n) is 8.05. The Kier molecular flexibility index (Phi) is 5.68. The van der Waals surface area contributed by atoms with Crippen LogP contribution in [-0.2, 0) is 9.84 Å². The Morgan fingerprint density at radius 1 is 0.875 bits per heavy atom. The lowest BCUT2D eigenvalue weighted by molar-refractivity contribution is 0.359. The van der Waals surface area contributed by atoms with Crippen LogP contribution >= 0.6 is 0 Å². The third kappa shape index (κ3) is 4.26. The number of hydrogen-bond acceptors (Lipinski definition) is 6. The highest BCUT2D eigenvalue weighted by atomic mass is 32.2. The molecule has 0 unspecified atom stereocenters. The molecule has 1 aliphatic rings. The van der Waals surface area contributed by atoms with Crippen molar-refractivity contribution in [1.29, 1.82) is 0 Å². The minimum absolute atomic E-state index is 0.137. The van der Waals surface area contributed by atoms with Gasteiger partial charge in [0.1, 0.15) is 0 Å². The second-order valence-corrected chi connectivity index (χ2v) is 10.2. The molecule has 0 atom stereocenters. The Balaban J connectivity index is 1.49. The van der Waals surface area contributed by atoms with Gasteiger partial charge in [-0.05, 0) is 74.0 Å². The van der Waals surface area contributed by atoms with Gasteiger partial charge in [-0.25, -0.2) is 13.4 Å². The normalized spacial score (nSPS) is 14.8. The first-order valence-electron chi connectivity index (χ1n) is 10.8. The molecule has 4 heterocycles. The Bertz CT molecular complexity index is 1350. The van der Waals surface area contributed by atoms with Crippen LogP contribution in [0, 0.1) is 0 Å². The number of pyridine rings is 3. The SMILES string of the molecule is O=S(=O)(CCN1CCCC1)c1cccc(-c2ccc3nccc(-c4ccncc4)c3n2)c1. The lowest BCUT2D eigenvalue weighted by Gasteiger charge is -2.14. The lowest BCUT2D eigenvalue weighted by atomic mass is 10.0. The van der Waals surface area contributed by atoms with Crippen molar-refractivity contribution in [3.8, 4) is 22.4 Å². The number of rotatable bonds is 6. The second kappa shape index (κ2) is 8.76. The minimum atomic E-state index is -3.36. The van der Waals surface area contributed by atoms with Crippen molar-refractivity contribution in [2.45, 2.75) is 17.7 Å². The van der Waals surface area contributed by atoms with Crippen molar-refractivity contribution in [2.24, 2.45) is 0 Å².